The number of halogens is 2. The van der Waals surface area contributed by atoms with E-state index in [1.54, 1.807) is 5.56 Å². The van der Waals surface area contributed by atoms with Crippen molar-refractivity contribution in [3.63, 3.8) is 0 Å². The molecule has 4 heteroatoms. The van der Waals surface area contributed by atoms with Crippen molar-refractivity contribution in [3.05, 3.63) is 65.0 Å². The minimum absolute atomic E-state index is 0. The van der Waals surface area contributed by atoms with Crippen LogP contribution in [-0.2, 0) is 19.2 Å². The van der Waals surface area contributed by atoms with Crippen molar-refractivity contribution in [1.82, 2.24) is 0 Å². The van der Waals surface area contributed by atoms with Crippen molar-refractivity contribution in [3.8, 4) is 0 Å². The van der Waals surface area contributed by atoms with E-state index >= 15 is 0 Å². The van der Waals surface area contributed by atoms with E-state index < -0.39 is 0 Å². The number of fused-ring (bicyclic) bond motifs is 2. The summed E-state index contributed by atoms with van der Waals surface area (Å²) in [5.41, 5.74) is 3.16. The van der Waals surface area contributed by atoms with Crippen molar-refractivity contribution in [2.24, 2.45) is 11.8 Å². The van der Waals surface area contributed by atoms with E-state index in [1.807, 2.05) is 5.31 Å². The minimum atomic E-state index is -0.209. The van der Waals surface area contributed by atoms with Crippen LogP contribution in [0, 0.1) is 11.8 Å². The van der Waals surface area contributed by atoms with Gasteiger partial charge in [0.05, 0.1) is 0 Å². The fourth-order valence-electron chi connectivity index (χ4n) is 5.82. The molecule has 3 aliphatic rings. The van der Waals surface area contributed by atoms with Gasteiger partial charge in [0.2, 0.25) is 0 Å². The Bertz CT molecular complexity index is 814. The van der Waals surface area contributed by atoms with Crippen LogP contribution >= 0.6 is 7.92 Å². The normalized spacial score (nSPS) is 27.0. The monoisotopic (exact) mass is 496 g/mol. The van der Waals surface area contributed by atoms with Crippen LogP contribution in [0.2, 0.25) is 4.22 Å². The second-order valence-corrected chi connectivity index (χ2v) is 17.1. The molecular weight excluding hydrogens is 462 g/mol. The van der Waals surface area contributed by atoms with Crippen LogP contribution in [-0.4, -0.2) is 10.3 Å². The molecule has 0 nitrogen and oxygen atoms in total. The molecule has 1 aromatic rings. The molecule has 1 saturated carbocycles. The zero-order valence-corrected chi connectivity index (χ0v) is 23.1. The molecule has 0 N–H and O–H groups in total. The number of hydrogen-bond donors (Lipinski definition) is 0. The smallest absolute Gasteiger partial charge is 1.00 e. The molecule has 0 spiro atoms. The standard InChI is InChI=1S/C17H24P.C9H11.2ClH.Ti/c1-16(2,3)18(17(4,5)6)15-11-13-9-7-8-10-14(13)12-15;1-2-5-9-7-3-6-8(9)4-1;;;/h7-12H,1-6H3;1-2,4-6,8-9H,3,7H2;2*1H;/q;;;;+2/p-2. The van der Waals surface area contributed by atoms with E-state index in [1.165, 1.54) is 18.4 Å². The van der Waals surface area contributed by atoms with Crippen LogP contribution in [0.1, 0.15) is 69.7 Å². The summed E-state index contributed by atoms with van der Waals surface area (Å²) >= 11 is -0.0955. The van der Waals surface area contributed by atoms with Gasteiger partial charge >= 0.3 is 183 Å². The first-order valence-corrected chi connectivity index (χ1v) is 14.0. The molecule has 1 aromatic carbocycles. The molecule has 30 heavy (non-hydrogen) atoms. The third-order valence-electron chi connectivity index (χ3n) is 6.46. The molecule has 1 fully saturated rings. The minimum Gasteiger partial charge on any atom is -1.00 e. The average molecular weight is 497 g/mol. The summed E-state index contributed by atoms with van der Waals surface area (Å²) in [6.45, 7) is 14.9. The van der Waals surface area contributed by atoms with Crippen LogP contribution < -0.4 is 24.8 Å². The van der Waals surface area contributed by atoms with E-state index in [9.17, 15) is 0 Å². The summed E-state index contributed by atoms with van der Waals surface area (Å²) in [4.78, 5) is 0. The SMILES string of the molecule is CC(C)(C)P(C1=Cc2ccccc2[CH]1[Ti+2][CH]1CCC2C=CC=CC21)C(C)(C)C.[Cl-].[Cl-]. The fourth-order valence-corrected chi connectivity index (χ4v) is 14.1. The van der Waals surface area contributed by atoms with E-state index in [0.29, 0.717) is 10.3 Å². The third kappa shape index (κ3) is 5.21. The van der Waals surface area contributed by atoms with E-state index in [0.717, 1.165) is 20.3 Å². The van der Waals surface area contributed by atoms with Gasteiger partial charge in [-0.2, -0.15) is 0 Å². The summed E-state index contributed by atoms with van der Waals surface area (Å²) in [7, 11) is -0.209. The maximum absolute atomic E-state index is 2.62. The Morgan fingerprint density at radius 1 is 0.867 bits per heavy atom. The topological polar surface area (TPSA) is 0 Å². The Hall–Kier alpha value is 0.164. The van der Waals surface area contributed by atoms with Gasteiger partial charge in [0, 0.05) is 0 Å². The molecule has 0 bridgehead atoms. The van der Waals surface area contributed by atoms with E-state index in [-0.39, 0.29) is 51.9 Å². The molecular formula is C26H35Cl2PTi. The molecule has 0 radical (unpaired) electrons. The molecule has 4 rings (SSSR count). The van der Waals surface area contributed by atoms with Crippen molar-refractivity contribution >= 4 is 14.0 Å². The van der Waals surface area contributed by atoms with Crippen LogP contribution in [0.15, 0.2) is 53.9 Å². The van der Waals surface area contributed by atoms with Gasteiger partial charge in [-0.3, -0.25) is 0 Å². The maximum Gasteiger partial charge on any atom is -1.00 e. The zero-order chi connectivity index (χ0) is 20.1. The first-order chi connectivity index (χ1) is 13.2. The van der Waals surface area contributed by atoms with Gasteiger partial charge in [0.25, 0.3) is 0 Å². The van der Waals surface area contributed by atoms with Gasteiger partial charge in [-0.15, -0.1) is 0 Å². The third-order valence-corrected chi connectivity index (χ3v) is 13.6. The molecule has 162 valence electrons. The van der Waals surface area contributed by atoms with Gasteiger partial charge in [-0.05, 0) is 0 Å². The summed E-state index contributed by atoms with van der Waals surface area (Å²) in [5.74, 6) is 1.63. The Balaban J connectivity index is 0.00000160. The van der Waals surface area contributed by atoms with E-state index in [2.05, 4.69) is 96.2 Å². The Kier molecular flexibility index (Phi) is 8.78. The van der Waals surface area contributed by atoms with Crippen LogP contribution in [0.4, 0.5) is 0 Å². The second-order valence-electron chi connectivity index (χ2n) is 10.7. The molecule has 3 aliphatic carbocycles. The molecule has 0 saturated heterocycles. The van der Waals surface area contributed by atoms with Gasteiger partial charge < -0.3 is 24.8 Å². The number of allylic oxidation sites excluding steroid dienone is 5. The summed E-state index contributed by atoms with van der Waals surface area (Å²) in [5, 5.41) is 2.50. The van der Waals surface area contributed by atoms with Gasteiger partial charge in [0.15, 0.2) is 0 Å². The Labute approximate surface area is 207 Å². The van der Waals surface area contributed by atoms with Crippen LogP contribution in [0.3, 0.4) is 0 Å². The fraction of sp³-hybridized carbons (Fsp3) is 0.538. The van der Waals surface area contributed by atoms with Crippen molar-refractivity contribution in [2.75, 3.05) is 0 Å². The Morgan fingerprint density at radius 3 is 2.17 bits per heavy atom. The Morgan fingerprint density at radius 2 is 1.50 bits per heavy atom. The number of hydrogen-bond acceptors (Lipinski definition) is 0. The predicted molar refractivity (Wildman–Crippen MR) is 122 cm³/mol. The quantitative estimate of drug-likeness (QED) is 0.444. The molecule has 0 aliphatic heterocycles. The number of benzene rings is 1. The second kappa shape index (κ2) is 9.97. The van der Waals surface area contributed by atoms with Crippen molar-refractivity contribution in [2.45, 2.75) is 73.1 Å². The maximum atomic E-state index is 2.62. The summed E-state index contributed by atoms with van der Waals surface area (Å²) in [6, 6.07) is 9.30. The van der Waals surface area contributed by atoms with Gasteiger partial charge in [0.1, 0.15) is 0 Å². The first-order valence-electron chi connectivity index (χ1n) is 10.9. The van der Waals surface area contributed by atoms with E-state index in [4.69, 9.17) is 0 Å². The number of rotatable bonds is 3. The van der Waals surface area contributed by atoms with Crippen LogP contribution in [0.25, 0.3) is 6.08 Å². The van der Waals surface area contributed by atoms with Gasteiger partial charge in [-0.1, -0.05) is 0 Å². The molecule has 4 unspecified atom stereocenters. The largest absolute Gasteiger partial charge is 1.00 e. The molecule has 0 aromatic heterocycles. The van der Waals surface area contributed by atoms with Gasteiger partial charge in [-0.25, -0.2) is 0 Å². The summed E-state index contributed by atoms with van der Waals surface area (Å²) in [6.07, 6.45) is 15.1. The van der Waals surface area contributed by atoms with Crippen molar-refractivity contribution in [1.29, 1.82) is 0 Å². The van der Waals surface area contributed by atoms with Crippen molar-refractivity contribution < 1.29 is 44.0 Å². The average Bonchev–Trinajstić information content (AvgIpc) is 3.15. The summed E-state index contributed by atoms with van der Waals surface area (Å²) < 4.78 is 1.69. The molecule has 0 amide bonds. The van der Waals surface area contributed by atoms with Crippen LogP contribution in [0.5, 0.6) is 0 Å². The zero-order valence-electron chi connectivity index (χ0n) is 19.1. The molecule has 4 atom stereocenters. The predicted octanol–water partition coefficient (Wildman–Crippen LogP) is 2.19. The molecule has 0 heterocycles. The first kappa shape index (κ1) is 26.4.